The Kier molecular flexibility index (Phi) is 9.90. The summed E-state index contributed by atoms with van der Waals surface area (Å²) in [4.78, 5) is 0. The molecule has 17 heavy (non-hydrogen) atoms. The average molecular weight is 234 g/mol. The van der Waals surface area contributed by atoms with Crippen LogP contribution in [0, 0.1) is 5.92 Å². The lowest BCUT2D eigenvalue weighted by molar-refractivity contribution is 0.676. The maximum absolute atomic E-state index is 3.95. The molecule has 0 aliphatic rings. The average Bonchev–Trinajstić information content (AvgIpc) is 2.35. The third kappa shape index (κ3) is 6.51. The molecular formula is C17H30. The summed E-state index contributed by atoms with van der Waals surface area (Å²) in [5.74, 6) is 0.522. The maximum atomic E-state index is 3.95. The van der Waals surface area contributed by atoms with Crippen LogP contribution in [0.2, 0.25) is 0 Å². The van der Waals surface area contributed by atoms with Gasteiger partial charge >= 0.3 is 0 Å². The molecule has 0 bridgehead atoms. The summed E-state index contributed by atoms with van der Waals surface area (Å²) in [5.41, 5.74) is 3.23. The predicted molar refractivity (Wildman–Crippen MR) is 80.3 cm³/mol. The zero-order valence-electron chi connectivity index (χ0n) is 12.1. The van der Waals surface area contributed by atoms with Crippen molar-refractivity contribution in [3.63, 3.8) is 0 Å². The highest BCUT2D eigenvalue weighted by Crippen LogP contribution is 2.27. The molecule has 0 N–H and O–H groups in total. The molecule has 0 rings (SSSR count). The number of rotatable bonds is 10. The van der Waals surface area contributed by atoms with E-state index in [2.05, 4.69) is 40.0 Å². The lowest BCUT2D eigenvalue weighted by Crippen LogP contribution is -2.01. The summed E-state index contributed by atoms with van der Waals surface area (Å²) < 4.78 is 0. The van der Waals surface area contributed by atoms with Crippen molar-refractivity contribution in [2.24, 2.45) is 5.92 Å². The van der Waals surface area contributed by atoms with Crippen molar-refractivity contribution in [1.29, 1.82) is 0 Å². The van der Waals surface area contributed by atoms with Crippen molar-refractivity contribution in [2.45, 2.75) is 65.7 Å². The Labute approximate surface area is 109 Å². The fourth-order valence-corrected chi connectivity index (χ4v) is 2.19. The Bertz CT molecular complexity index is 245. The molecule has 0 nitrogen and oxygen atoms in total. The molecular weight excluding hydrogens is 204 g/mol. The fourth-order valence-electron chi connectivity index (χ4n) is 2.19. The van der Waals surface area contributed by atoms with Gasteiger partial charge in [-0.1, -0.05) is 56.9 Å². The molecule has 98 valence electrons. The Morgan fingerprint density at radius 2 is 1.65 bits per heavy atom. The molecule has 0 fully saturated rings. The molecule has 0 aromatic rings. The van der Waals surface area contributed by atoms with Crippen LogP contribution in [0.3, 0.4) is 0 Å². The van der Waals surface area contributed by atoms with Crippen LogP contribution in [0.15, 0.2) is 36.5 Å². The zero-order valence-corrected chi connectivity index (χ0v) is 12.1. The fraction of sp³-hybridized carbons (Fsp3) is 0.647. The van der Waals surface area contributed by atoms with Gasteiger partial charge in [0.15, 0.2) is 0 Å². The zero-order chi connectivity index (χ0) is 13.1. The molecule has 0 saturated carbocycles. The molecule has 0 aliphatic carbocycles. The lowest BCUT2D eigenvalue weighted by Gasteiger charge is -2.18. The Balaban J connectivity index is 4.91. The SMILES string of the molecule is C=CC/C(CCCC)=C(/CCCC)C(C)C=C. The van der Waals surface area contributed by atoms with Crippen LogP contribution < -0.4 is 0 Å². The van der Waals surface area contributed by atoms with E-state index in [9.17, 15) is 0 Å². The summed E-state index contributed by atoms with van der Waals surface area (Å²) in [6.45, 7) is 14.6. The van der Waals surface area contributed by atoms with Crippen molar-refractivity contribution in [3.05, 3.63) is 36.5 Å². The first kappa shape index (κ1) is 16.2. The summed E-state index contributed by atoms with van der Waals surface area (Å²) in [7, 11) is 0. The molecule has 0 heteroatoms. The van der Waals surface area contributed by atoms with Crippen molar-refractivity contribution in [1.82, 2.24) is 0 Å². The summed E-state index contributed by atoms with van der Waals surface area (Å²) in [6, 6.07) is 0. The van der Waals surface area contributed by atoms with E-state index in [0.717, 1.165) is 6.42 Å². The van der Waals surface area contributed by atoms with Crippen LogP contribution in [0.4, 0.5) is 0 Å². The number of unbranched alkanes of at least 4 members (excludes halogenated alkanes) is 2. The first-order chi connectivity index (χ1) is 8.21. The van der Waals surface area contributed by atoms with E-state index < -0.39 is 0 Å². The molecule has 0 aromatic heterocycles. The number of hydrogen-bond donors (Lipinski definition) is 0. The highest BCUT2D eigenvalue weighted by atomic mass is 14.2. The Morgan fingerprint density at radius 1 is 1.06 bits per heavy atom. The predicted octanol–water partition coefficient (Wildman–Crippen LogP) is 6.06. The van der Waals surface area contributed by atoms with E-state index in [1.54, 1.807) is 11.1 Å². The van der Waals surface area contributed by atoms with E-state index >= 15 is 0 Å². The molecule has 0 radical (unpaired) electrons. The maximum Gasteiger partial charge on any atom is -0.00515 e. The van der Waals surface area contributed by atoms with Gasteiger partial charge < -0.3 is 0 Å². The standard InChI is InChI=1S/C17H30/c1-6-10-13-16(12-8-3)17(14-11-7-2)15(5)9-4/h8-9,15H,3-4,6-7,10-14H2,1-2,5H3/b17-16+. The van der Waals surface area contributed by atoms with E-state index in [0.29, 0.717) is 5.92 Å². The van der Waals surface area contributed by atoms with Crippen LogP contribution in [-0.2, 0) is 0 Å². The molecule has 0 spiro atoms. The highest BCUT2D eigenvalue weighted by molar-refractivity contribution is 5.22. The highest BCUT2D eigenvalue weighted by Gasteiger charge is 2.10. The molecule has 0 heterocycles. The van der Waals surface area contributed by atoms with Gasteiger partial charge in [-0.05, 0) is 38.0 Å². The van der Waals surface area contributed by atoms with Gasteiger partial charge in [-0.15, -0.1) is 13.2 Å². The minimum atomic E-state index is 0.522. The Morgan fingerprint density at radius 3 is 2.12 bits per heavy atom. The van der Waals surface area contributed by atoms with Gasteiger partial charge in [-0.2, -0.15) is 0 Å². The quantitative estimate of drug-likeness (QED) is 0.403. The van der Waals surface area contributed by atoms with E-state index in [4.69, 9.17) is 0 Å². The van der Waals surface area contributed by atoms with Gasteiger partial charge in [0.1, 0.15) is 0 Å². The Hall–Kier alpha value is -0.780. The first-order valence-electron chi connectivity index (χ1n) is 7.15. The van der Waals surface area contributed by atoms with Crippen molar-refractivity contribution in [3.8, 4) is 0 Å². The van der Waals surface area contributed by atoms with Crippen molar-refractivity contribution < 1.29 is 0 Å². The normalized spacial score (nSPS) is 14.1. The summed E-state index contributed by atoms with van der Waals surface area (Å²) in [6.07, 6.45) is 12.8. The van der Waals surface area contributed by atoms with Gasteiger partial charge in [0.2, 0.25) is 0 Å². The van der Waals surface area contributed by atoms with Crippen LogP contribution in [0.1, 0.15) is 65.7 Å². The van der Waals surface area contributed by atoms with Gasteiger partial charge in [-0.3, -0.25) is 0 Å². The first-order valence-corrected chi connectivity index (χ1v) is 7.15. The molecule has 1 unspecified atom stereocenters. The minimum absolute atomic E-state index is 0.522. The molecule has 0 saturated heterocycles. The number of hydrogen-bond acceptors (Lipinski definition) is 0. The minimum Gasteiger partial charge on any atom is -0.103 e. The topological polar surface area (TPSA) is 0 Å². The second kappa shape index (κ2) is 10.4. The lowest BCUT2D eigenvalue weighted by atomic mass is 9.87. The second-order valence-electron chi connectivity index (χ2n) is 4.85. The molecule has 1 atom stereocenters. The summed E-state index contributed by atoms with van der Waals surface area (Å²) in [5, 5.41) is 0. The second-order valence-corrected chi connectivity index (χ2v) is 4.85. The van der Waals surface area contributed by atoms with E-state index in [-0.39, 0.29) is 0 Å². The van der Waals surface area contributed by atoms with Crippen molar-refractivity contribution in [2.75, 3.05) is 0 Å². The van der Waals surface area contributed by atoms with Crippen LogP contribution in [0.5, 0.6) is 0 Å². The van der Waals surface area contributed by atoms with E-state index in [1.807, 2.05) is 6.08 Å². The monoisotopic (exact) mass is 234 g/mol. The third-order valence-corrected chi connectivity index (χ3v) is 3.38. The van der Waals surface area contributed by atoms with Crippen LogP contribution >= 0.6 is 0 Å². The molecule has 0 aromatic carbocycles. The number of allylic oxidation sites excluding steroid dienone is 4. The smallest absolute Gasteiger partial charge is 0.00515 e. The largest absolute Gasteiger partial charge is 0.103 e. The molecule has 0 aliphatic heterocycles. The summed E-state index contributed by atoms with van der Waals surface area (Å²) >= 11 is 0. The third-order valence-electron chi connectivity index (χ3n) is 3.38. The van der Waals surface area contributed by atoms with Crippen LogP contribution in [0.25, 0.3) is 0 Å². The van der Waals surface area contributed by atoms with Gasteiger partial charge in [0, 0.05) is 0 Å². The van der Waals surface area contributed by atoms with Crippen LogP contribution in [-0.4, -0.2) is 0 Å². The molecule has 0 amide bonds. The van der Waals surface area contributed by atoms with Gasteiger partial charge in [-0.25, -0.2) is 0 Å². The van der Waals surface area contributed by atoms with E-state index in [1.165, 1.54) is 38.5 Å². The van der Waals surface area contributed by atoms with Crippen molar-refractivity contribution >= 4 is 0 Å². The van der Waals surface area contributed by atoms with Gasteiger partial charge in [0.25, 0.3) is 0 Å². The van der Waals surface area contributed by atoms with Gasteiger partial charge in [0.05, 0.1) is 0 Å².